The van der Waals surface area contributed by atoms with Gasteiger partial charge in [-0.1, -0.05) is 0 Å². The van der Waals surface area contributed by atoms with Crippen LogP contribution in [0, 0.1) is 0 Å². The number of hydrogen-bond acceptors (Lipinski definition) is 3. The van der Waals surface area contributed by atoms with E-state index in [1.54, 1.807) is 0 Å². The van der Waals surface area contributed by atoms with Gasteiger partial charge in [0.2, 0.25) is 5.91 Å². The molecule has 0 aromatic heterocycles. The summed E-state index contributed by atoms with van der Waals surface area (Å²) in [4.78, 5) is 16.3. The Balaban J connectivity index is 2.36. The largest absolute Gasteiger partial charge is 0.342 e. The third-order valence-corrected chi connectivity index (χ3v) is 3.40. The van der Waals surface area contributed by atoms with Gasteiger partial charge in [-0.05, 0) is 53.8 Å². The van der Waals surface area contributed by atoms with Crippen LogP contribution < -0.4 is 5.32 Å². The summed E-state index contributed by atoms with van der Waals surface area (Å²) in [5, 5.41) is 3.25. The van der Waals surface area contributed by atoms with E-state index in [1.165, 1.54) is 0 Å². The highest BCUT2D eigenvalue weighted by atomic mass is 16.2. The minimum atomic E-state index is 0.00326. The molecule has 1 aliphatic rings. The van der Waals surface area contributed by atoms with Gasteiger partial charge in [-0.2, -0.15) is 0 Å². The number of hydrogen-bond donors (Lipinski definition) is 1. The van der Waals surface area contributed by atoms with Crippen LogP contribution >= 0.6 is 0 Å². The second-order valence-corrected chi connectivity index (χ2v) is 6.14. The molecule has 0 saturated carbocycles. The van der Waals surface area contributed by atoms with Crippen molar-refractivity contribution in [1.29, 1.82) is 0 Å². The first-order chi connectivity index (χ1) is 7.79. The first kappa shape index (κ1) is 14.5. The van der Waals surface area contributed by atoms with E-state index in [-0.39, 0.29) is 11.4 Å². The van der Waals surface area contributed by atoms with Crippen molar-refractivity contribution in [3.63, 3.8) is 0 Å². The third-order valence-electron chi connectivity index (χ3n) is 3.40. The van der Waals surface area contributed by atoms with E-state index in [9.17, 15) is 4.79 Å². The summed E-state index contributed by atoms with van der Waals surface area (Å²) in [6.07, 6.45) is 2.18. The Morgan fingerprint density at radius 3 is 2.35 bits per heavy atom. The number of amides is 1. The van der Waals surface area contributed by atoms with Crippen molar-refractivity contribution in [2.24, 2.45) is 0 Å². The quantitative estimate of drug-likeness (QED) is 0.798. The maximum absolute atomic E-state index is 12.0. The molecule has 1 fully saturated rings. The van der Waals surface area contributed by atoms with Crippen LogP contribution in [-0.4, -0.2) is 61.0 Å². The summed E-state index contributed by atoms with van der Waals surface area (Å²) in [5.41, 5.74) is 0.00326. The molecule has 1 aliphatic heterocycles. The van der Waals surface area contributed by atoms with E-state index in [1.807, 2.05) is 11.9 Å². The molecule has 0 atom stereocenters. The molecule has 1 amide bonds. The van der Waals surface area contributed by atoms with Crippen LogP contribution in [-0.2, 0) is 4.79 Å². The number of rotatable bonds is 3. The molecule has 0 radical (unpaired) electrons. The van der Waals surface area contributed by atoms with Crippen LogP contribution in [0.3, 0.4) is 0 Å². The van der Waals surface area contributed by atoms with Crippen molar-refractivity contribution < 1.29 is 4.79 Å². The Kier molecular flexibility index (Phi) is 4.95. The van der Waals surface area contributed by atoms with Gasteiger partial charge in [-0.25, -0.2) is 0 Å². The van der Waals surface area contributed by atoms with E-state index >= 15 is 0 Å². The fourth-order valence-electron chi connectivity index (χ4n) is 2.05. The average Bonchev–Trinajstić information content (AvgIpc) is 2.25. The number of piperidine rings is 1. The van der Waals surface area contributed by atoms with E-state index in [0.717, 1.165) is 25.9 Å². The number of nitrogens with one attached hydrogen (secondary N) is 1. The van der Waals surface area contributed by atoms with Gasteiger partial charge < -0.3 is 15.1 Å². The molecule has 1 saturated heterocycles. The van der Waals surface area contributed by atoms with Crippen molar-refractivity contribution >= 4 is 5.91 Å². The van der Waals surface area contributed by atoms with Crippen LogP contribution in [0.4, 0.5) is 0 Å². The minimum absolute atomic E-state index is 0.00326. The lowest BCUT2D eigenvalue weighted by Crippen LogP contribution is -2.49. The molecule has 4 nitrogen and oxygen atoms in total. The molecular weight excluding hydrogens is 214 g/mol. The predicted molar refractivity (Wildman–Crippen MR) is 71.0 cm³/mol. The Hall–Kier alpha value is -0.610. The van der Waals surface area contributed by atoms with E-state index < -0.39 is 0 Å². The third kappa shape index (κ3) is 5.04. The van der Waals surface area contributed by atoms with Crippen molar-refractivity contribution in [1.82, 2.24) is 15.1 Å². The highest BCUT2D eigenvalue weighted by molar-refractivity contribution is 5.78. The monoisotopic (exact) mass is 241 g/mol. The van der Waals surface area contributed by atoms with Crippen LogP contribution in [0.15, 0.2) is 0 Å². The van der Waals surface area contributed by atoms with E-state index in [4.69, 9.17) is 0 Å². The zero-order chi connectivity index (χ0) is 13.1. The molecule has 100 valence electrons. The molecule has 1 heterocycles. The normalized spacial score (nSPS) is 19.4. The van der Waals surface area contributed by atoms with Crippen LogP contribution in [0.2, 0.25) is 0 Å². The van der Waals surface area contributed by atoms with Crippen LogP contribution in [0.1, 0.15) is 33.6 Å². The predicted octanol–water partition coefficient (Wildman–Crippen LogP) is 0.927. The number of carbonyl (C=O) groups excluding carboxylic acids is 1. The molecule has 0 aliphatic carbocycles. The summed E-state index contributed by atoms with van der Waals surface area (Å²) >= 11 is 0. The Bertz CT molecular complexity index is 252. The standard InChI is InChI=1S/C13H27N3O/c1-13(2,3)14-10-12(17)16(5)11-6-8-15(4)9-7-11/h11,14H,6-10H2,1-5H3. The fourth-order valence-corrected chi connectivity index (χ4v) is 2.05. The molecule has 0 bridgehead atoms. The van der Waals surface area contributed by atoms with Gasteiger partial charge in [0.05, 0.1) is 6.54 Å². The lowest BCUT2D eigenvalue weighted by molar-refractivity contribution is -0.132. The first-order valence-corrected chi connectivity index (χ1v) is 6.49. The average molecular weight is 241 g/mol. The number of likely N-dealkylation sites (N-methyl/N-ethyl adjacent to an activating group) is 1. The number of nitrogens with zero attached hydrogens (tertiary/aromatic N) is 2. The van der Waals surface area contributed by atoms with Gasteiger partial charge >= 0.3 is 0 Å². The molecule has 1 rings (SSSR count). The molecule has 4 heteroatoms. The molecule has 1 N–H and O–H groups in total. The minimum Gasteiger partial charge on any atom is -0.342 e. The van der Waals surface area contributed by atoms with Crippen LogP contribution in [0.25, 0.3) is 0 Å². The molecule has 0 unspecified atom stereocenters. The van der Waals surface area contributed by atoms with Gasteiger partial charge in [0.1, 0.15) is 0 Å². The fraction of sp³-hybridized carbons (Fsp3) is 0.923. The Morgan fingerprint density at radius 1 is 1.35 bits per heavy atom. The van der Waals surface area contributed by atoms with Gasteiger partial charge in [0, 0.05) is 18.6 Å². The van der Waals surface area contributed by atoms with Crippen molar-refractivity contribution in [3.8, 4) is 0 Å². The van der Waals surface area contributed by atoms with Crippen molar-refractivity contribution in [2.45, 2.75) is 45.2 Å². The summed E-state index contributed by atoms with van der Waals surface area (Å²) in [5.74, 6) is 0.203. The van der Waals surface area contributed by atoms with Gasteiger partial charge in [0.15, 0.2) is 0 Å². The van der Waals surface area contributed by atoms with E-state index in [0.29, 0.717) is 12.6 Å². The highest BCUT2D eigenvalue weighted by Crippen LogP contribution is 2.14. The topological polar surface area (TPSA) is 35.6 Å². The van der Waals surface area contributed by atoms with Crippen molar-refractivity contribution in [2.75, 3.05) is 33.7 Å². The smallest absolute Gasteiger partial charge is 0.236 e. The summed E-state index contributed by atoms with van der Waals surface area (Å²) < 4.78 is 0. The molecule has 17 heavy (non-hydrogen) atoms. The highest BCUT2D eigenvalue weighted by Gasteiger charge is 2.24. The first-order valence-electron chi connectivity index (χ1n) is 6.49. The Morgan fingerprint density at radius 2 is 1.88 bits per heavy atom. The van der Waals surface area contributed by atoms with Gasteiger partial charge in [0.25, 0.3) is 0 Å². The molecule has 0 aromatic rings. The SMILES string of the molecule is CN1CCC(N(C)C(=O)CNC(C)(C)C)CC1. The Labute approximate surface area is 105 Å². The maximum Gasteiger partial charge on any atom is 0.236 e. The van der Waals surface area contributed by atoms with E-state index in [2.05, 4.69) is 38.0 Å². The zero-order valence-electron chi connectivity index (χ0n) is 11.9. The van der Waals surface area contributed by atoms with Crippen LogP contribution in [0.5, 0.6) is 0 Å². The van der Waals surface area contributed by atoms with Gasteiger partial charge in [-0.15, -0.1) is 0 Å². The second-order valence-electron chi connectivity index (χ2n) is 6.14. The summed E-state index contributed by atoms with van der Waals surface area (Å²) in [7, 11) is 4.07. The molecule has 0 spiro atoms. The molecular formula is C13H27N3O. The van der Waals surface area contributed by atoms with Gasteiger partial charge in [-0.3, -0.25) is 4.79 Å². The van der Waals surface area contributed by atoms with Crippen molar-refractivity contribution in [3.05, 3.63) is 0 Å². The molecule has 0 aromatic carbocycles. The number of likely N-dealkylation sites (tertiary alicyclic amines) is 1. The zero-order valence-corrected chi connectivity index (χ0v) is 11.9. The lowest BCUT2D eigenvalue weighted by Gasteiger charge is -2.35. The maximum atomic E-state index is 12.0. The number of carbonyl (C=O) groups is 1. The summed E-state index contributed by atoms with van der Waals surface area (Å²) in [6, 6.07) is 0.417. The second kappa shape index (κ2) is 5.83. The summed E-state index contributed by atoms with van der Waals surface area (Å²) in [6.45, 7) is 8.86. The lowest BCUT2D eigenvalue weighted by atomic mass is 10.0.